The molecule has 0 aromatic heterocycles. The predicted octanol–water partition coefficient (Wildman–Crippen LogP) is 2.91. The minimum Gasteiger partial charge on any atom is -0.496 e. The standard InChI is InChI=1S/C22H28N2O5S/c1-4-20(17-7-5-16(2)6-8-17)23-30(26,27)18-9-10-21(28-3)19(15-18)22(25)24-11-13-29-14-12-24/h5-10,15,20,23H,4,11-14H2,1-3H3/t20-/m1/s1. The molecular formula is C22H28N2O5S. The van der Waals surface area contributed by atoms with E-state index >= 15 is 0 Å². The maximum atomic E-state index is 13.1. The van der Waals surface area contributed by atoms with Crippen molar-refractivity contribution in [2.24, 2.45) is 0 Å². The van der Waals surface area contributed by atoms with Crippen molar-refractivity contribution in [2.75, 3.05) is 33.4 Å². The van der Waals surface area contributed by atoms with Crippen molar-refractivity contribution in [3.63, 3.8) is 0 Å². The molecule has 0 saturated carbocycles. The second-order valence-corrected chi connectivity index (χ2v) is 8.97. The fourth-order valence-corrected chi connectivity index (χ4v) is 4.73. The van der Waals surface area contributed by atoms with Gasteiger partial charge in [-0.05, 0) is 37.1 Å². The van der Waals surface area contributed by atoms with Gasteiger partial charge < -0.3 is 14.4 Å². The van der Waals surface area contributed by atoms with Crippen LogP contribution in [0, 0.1) is 6.92 Å². The van der Waals surface area contributed by atoms with E-state index in [4.69, 9.17) is 9.47 Å². The number of methoxy groups -OCH3 is 1. The number of hydrogen-bond acceptors (Lipinski definition) is 5. The van der Waals surface area contributed by atoms with E-state index in [2.05, 4.69) is 4.72 Å². The van der Waals surface area contributed by atoms with E-state index in [9.17, 15) is 13.2 Å². The smallest absolute Gasteiger partial charge is 0.257 e. The number of nitrogens with zero attached hydrogens (tertiary/aromatic N) is 1. The quantitative estimate of drug-likeness (QED) is 0.727. The number of morpholine rings is 1. The minimum absolute atomic E-state index is 0.0328. The summed E-state index contributed by atoms with van der Waals surface area (Å²) in [4.78, 5) is 14.6. The van der Waals surface area contributed by atoms with Gasteiger partial charge in [0.2, 0.25) is 10.0 Å². The van der Waals surface area contributed by atoms with E-state index in [-0.39, 0.29) is 22.4 Å². The number of hydrogen-bond donors (Lipinski definition) is 1. The summed E-state index contributed by atoms with van der Waals surface area (Å²) in [5.41, 5.74) is 2.23. The van der Waals surface area contributed by atoms with Crippen molar-refractivity contribution >= 4 is 15.9 Å². The van der Waals surface area contributed by atoms with Gasteiger partial charge in [0.25, 0.3) is 5.91 Å². The third kappa shape index (κ3) is 5.00. The molecule has 1 fully saturated rings. The molecule has 1 amide bonds. The number of sulfonamides is 1. The molecule has 2 aromatic carbocycles. The second kappa shape index (κ2) is 9.59. The third-order valence-corrected chi connectivity index (χ3v) is 6.66. The Balaban J connectivity index is 1.89. The van der Waals surface area contributed by atoms with Crippen LogP contribution in [0.15, 0.2) is 47.4 Å². The zero-order valence-electron chi connectivity index (χ0n) is 17.6. The molecule has 1 heterocycles. The third-order valence-electron chi connectivity index (χ3n) is 5.20. The zero-order valence-corrected chi connectivity index (χ0v) is 18.4. The summed E-state index contributed by atoms with van der Waals surface area (Å²) in [6.07, 6.45) is 0.595. The molecular weight excluding hydrogens is 404 g/mol. The monoisotopic (exact) mass is 432 g/mol. The molecule has 162 valence electrons. The van der Waals surface area contributed by atoms with Gasteiger partial charge in [0, 0.05) is 19.1 Å². The lowest BCUT2D eigenvalue weighted by atomic mass is 10.0. The van der Waals surface area contributed by atoms with Gasteiger partial charge in [-0.2, -0.15) is 0 Å². The number of nitrogens with one attached hydrogen (secondary N) is 1. The first-order valence-electron chi connectivity index (χ1n) is 9.99. The molecule has 7 nitrogen and oxygen atoms in total. The van der Waals surface area contributed by atoms with Crippen LogP contribution in [0.4, 0.5) is 0 Å². The van der Waals surface area contributed by atoms with Gasteiger partial charge in [-0.15, -0.1) is 0 Å². The molecule has 1 saturated heterocycles. The molecule has 0 bridgehead atoms. The summed E-state index contributed by atoms with van der Waals surface area (Å²) < 4.78 is 39.6. The molecule has 1 aliphatic rings. The van der Waals surface area contributed by atoms with Gasteiger partial charge in [0.15, 0.2) is 0 Å². The highest BCUT2D eigenvalue weighted by Crippen LogP contribution is 2.26. The van der Waals surface area contributed by atoms with E-state index in [1.165, 1.54) is 25.3 Å². The molecule has 0 unspecified atom stereocenters. The number of amides is 1. The van der Waals surface area contributed by atoms with Gasteiger partial charge in [0.1, 0.15) is 5.75 Å². The van der Waals surface area contributed by atoms with Gasteiger partial charge in [-0.1, -0.05) is 36.8 Å². The summed E-state index contributed by atoms with van der Waals surface area (Å²) >= 11 is 0. The fraction of sp³-hybridized carbons (Fsp3) is 0.409. The molecule has 0 aliphatic carbocycles. The Morgan fingerprint density at radius 1 is 1.17 bits per heavy atom. The maximum absolute atomic E-state index is 13.1. The number of benzene rings is 2. The Kier molecular flexibility index (Phi) is 7.12. The van der Waals surface area contributed by atoms with Gasteiger partial charge >= 0.3 is 0 Å². The molecule has 1 aliphatic heterocycles. The minimum atomic E-state index is -3.84. The average Bonchev–Trinajstić information content (AvgIpc) is 2.77. The molecule has 30 heavy (non-hydrogen) atoms. The Bertz CT molecular complexity index is 983. The number of carbonyl (C=O) groups excluding carboxylic acids is 1. The number of ether oxygens (including phenoxy) is 2. The Labute approximate surface area is 178 Å². The van der Waals surface area contributed by atoms with E-state index in [1.807, 2.05) is 38.1 Å². The second-order valence-electron chi connectivity index (χ2n) is 7.26. The van der Waals surface area contributed by atoms with Crippen molar-refractivity contribution in [1.82, 2.24) is 9.62 Å². The van der Waals surface area contributed by atoms with Crippen LogP contribution in [0.2, 0.25) is 0 Å². The van der Waals surface area contributed by atoms with Crippen molar-refractivity contribution in [1.29, 1.82) is 0 Å². The van der Waals surface area contributed by atoms with Gasteiger partial charge in [-0.25, -0.2) is 13.1 Å². The van der Waals surface area contributed by atoms with Gasteiger partial charge in [-0.3, -0.25) is 4.79 Å². The summed E-state index contributed by atoms with van der Waals surface area (Å²) in [5, 5.41) is 0. The maximum Gasteiger partial charge on any atom is 0.257 e. The van der Waals surface area contributed by atoms with E-state index in [0.717, 1.165) is 11.1 Å². The summed E-state index contributed by atoms with van der Waals surface area (Å²) in [7, 11) is -2.38. The normalized spacial score (nSPS) is 15.6. The van der Waals surface area contributed by atoms with Crippen LogP contribution in [0.3, 0.4) is 0 Å². The van der Waals surface area contributed by atoms with Crippen LogP contribution in [0.25, 0.3) is 0 Å². The van der Waals surface area contributed by atoms with Crippen molar-refractivity contribution in [3.05, 3.63) is 59.2 Å². The lowest BCUT2D eigenvalue weighted by Gasteiger charge is -2.27. The SMILES string of the molecule is CC[C@@H](NS(=O)(=O)c1ccc(OC)c(C(=O)N2CCOCC2)c1)c1ccc(C)cc1. The first kappa shape index (κ1) is 22.3. The molecule has 1 atom stereocenters. The van der Waals surface area contributed by atoms with Crippen LogP contribution >= 0.6 is 0 Å². The summed E-state index contributed by atoms with van der Waals surface area (Å²) in [5.74, 6) is 0.0776. The van der Waals surface area contributed by atoms with Crippen LogP contribution < -0.4 is 9.46 Å². The molecule has 1 N–H and O–H groups in total. The fourth-order valence-electron chi connectivity index (χ4n) is 3.40. The van der Waals surface area contributed by atoms with Crippen LogP contribution in [-0.2, 0) is 14.8 Å². The lowest BCUT2D eigenvalue weighted by molar-refractivity contribution is 0.0300. The van der Waals surface area contributed by atoms with E-state index in [0.29, 0.717) is 38.5 Å². The number of aryl methyl sites for hydroxylation is 1. The highest BCUT2D eigenvalue weighted by Gasteiger charge is 2.26. The molecule has 3 rings (SSSR count). The Morgan fingerprint density at radius 3 is 2.43 bits per heavy atom. The van der Waals surface area contributed by atoms with Crippen molar-refractivity contribution in [3.8, 4) is 5.75 Å². The van der Waals surface area contributed by atoms with E-state index < -0.39 is 10.0 Å². The predicted molar refractivity (Wildman–Crippen MR) is 114 cm³/mol. The molecule has 0 radical (unpaired) electrons. The highest BCUT2D eigenvalue weighted by molar-refractivity contribution is 7.89. The van der Waals surface area contributed by atoms with Crippen LogP contribution in [0.1, 0.15) is 40.9 Å². The van der Waals surface area contributed by atoms with Crippen molar-refractivity contribution in [2.45, 2.75) is 31.2 Å². The molecule has 0 spiro atoms. The summed E-state index contributed by atoms with van der Waals surface area (Å²) in [6.45, 7) is 5.75. The topological polar surface area (TPSA) is 84.9 Å². The first-order valence-corrected chi connectivity index (χ1v) is 11.5. The number of rotatable bonds is 7. The zero-order chi connectivity index (χ0) is 21.7. The number of carbonyl (C=O) groups is 1. The lowest BCUT2D eigenvalue weighted by Crippen LogP contribution is -2.40. The summed E-state index contributed by atoms with van der Waals surface area (Å²) in [6, 6.07) is 11.8. The Morgan fingerprint density at radius 2 is 1.83 bits per heavy atom. The van der Waals surface area contributed by atoms with Crippen LogP contribution in [-0.4, -0.2) is 52.6 Å². The van der Waals surface area contributed by atoms with E-state index in [1.54, 1.807) is 4.90 Å². The van der Waals surface area contributed by atoms with Crippen molar-refractivity contribution < 1.29 is 22.7 Å². The molecule has 8 heteroatoms. The largest absolute Gasteiger partial charge is 0.496 e. The average molecular weight is 433 g/mol. The van der Waals surface area contributed by atoms with Crippen LogP contribution in [0.5, 0.6) is 5.75 Å². The van der Waals surface area contributed by atoms with Gasteiger partial charge in [0.05, 0.1) is 30.8 Å². The Hall–Kier alpha value is -2.42. The molecule has 2 aromatic rings. The first-order chi connectivity index (χ1) is 14.4. The highest BCUT2D eigenvalue weighted by atomic mass is 32.2.